The number of rotatable bonds is 1. The fraction of sp³-hybridized carbons (Fsp3) is 0.500. The molecule has 1 fully saturated rings. The highest BCUT2D eigenvalue weighted by molar-refractivity contribution is 5.69. The summed E-state index contributed by atoms with van der Waals surface area (Å²) in [5.74, 6) is 0. The predicted octanol–water partition coefficient (Wildman–Crippen LogP) is 2.35. The predicted molar refractivity (Wildman–Crippen MR) is 71.8 cm³/mol. The molecular weight excluding hydrogens is 228 g/mol. The molecule has 1 aromatic rings. The maximum atomic E-state index is 11.7. The van der Waals surface area contributed by atoms with Crippen molar-refractivity contribution < 1.29 is 9.53 Å². The van der Waals surface area contributed by atoms with E-state index >= 15 is 0 Å². The average molecular weight is 248 g/mol. The van der Waals surface area contributed by atoms with E-state index in [0.717, 1.165) is 13.1 Å². The third-order valence-electron chi connectivity index (χ3n) is 3.43. The number of carbonyl (C=O) groups excluding carboxylic acids is 1. The summed E-state index contributed by atoms with van der Waals surface area (Å²) in [6.45, 7) is 5.79. The van der Waals surface area contributed by atoms with E-state index in [2.05, 4.69) is 30.9 Å². The molecule has 0 radical (unpaired) electrons. The van der Waals surface area contributed by atoms with Gasteiger partial charge < -0.3 is 9.64 Å². The van der Waals surface area contributed by atoms with E-state index in [1.54, 1.807) is 0 Å². The van der Waals surface area contributed by atoms with Crippen LogP contribution >= 0.6 is 0 Å². The lowest BCUT2D eigenvalue weighted by Crippen LogP contribution is -2.58. The van der Waals surface area contributed by atoms with Crippen LogP contribution in [-0.2, 0) is 4.74 Å². The zero-order valence-corrected chi connectivity index (χ0v) is 11.2. The molecule has 0 saturated carbocycles. The molecule has 4 nitrogen and oxygen atoms in total. The van der Waals surface area contributed by atoms with Crippen LogP contribution in [0.2, 0.25) is 0 Å². The number of carbonyl (C=O) groups is 1. The second-order valence-corrected chi connectivity index (χ2v) is 4.82. The van der Waals surface area contributed by atoms with Crippen LogP contribution in [0.4, 0.5) is 10.5 Å². The molecule has 1 saturated heterocycles. The Morgan fingerprint density at radius 1 is 1.17 bits per heavy atom. The minimum Gasteiger partial charge on any atom is -0.453 e. The highest BCUT2D eigenvalue weighted by Crippen LogP contribution is 2.22. The normalized spacial score (nSPS) is 23.9. The molecule has 0 unspecified atom stereocenters. The molecule has 2 atom stereocenters. The van der Waals surface area contributed by atoms with Crippen LogP contribution in [0, 0.1) is 0 Å². The Hall–Kier alpha value is -1.71. The van der Waals surface area contributed by atoms with Crippen molar-refractivity contribution in [2.24, 2.45) is 0 Å². The van der Waals surface area contributed by atoms with E-state index in [4.69, 9.17) is 4.74 Å². The van der Waals surface area contributed by atoms with E-state index in [9.17, 15) is 4.79 Å². The highest BCUT2D eigenvalue weighted by Gasteiger charge is 2.33. The van der Waals surface area contributed by atoms with Gasteiger partial charge >= 0.3 is 6.09 Å². The third kappa shape index (κ3) is 2.42. The zero-order valence-electron chi connectivity index (χ0n) is 11.2. The lowest BCUT2D eigenvalue weighted by molar-refractivity contribution is 0.0820. The number of ether oxygens (including phenoxy) is 1. The van der Waals surface area contributed by atoms with Gasteiger partial charge in [0.25, 0.3) is 0 Å². The van der Waals surface area contributed by atoms with Gasteiger partial charge in [-0.25, -0.2) is 4.79 Å². The Kier molecular flexibility index (Phi) is 3.75. The van der Waals surface area contributed by atoms with Crippen molar-refractivity contribution in [3.8, 4) is 0 Å². The first kappa shape index (κ1) is 12.7. The maximum Gasteiger partial charge on any atom is 0.410 e. The van der Waals surface area contributed by atoms with Crippen LogP contribution in [0.15, 0.2) is 30.3 Å². The fourth-order valence-corrected chi connectivity index (χ4v) is 2.64. The van der Waals surface area contributed by atoms with E-state index in [1.807, 2.05) is 23.1 Å². The molecule has 0 N–H and O–H groups in total. The second kappa shape index (κ2) is 5.29. The molecule has 18 heavy (non-hydrogen) atoms. The monoisotopic (exact) mass is 248 g/mol. The van der Waals surface area contributed by atoms with Crippen LogP contribution in [0.25, 0.3) is 0 Å². The second-order valence-electron chi connectivity index (χ2n) is 4.82. The molecule has 2 rings (SSSR count). The van der Waals surface area contributed by atoms with Gasteiger partial charge in [0.15, 0.2) is 0 Å². The number of hydrogen-bond acceptors (Lipinski definition) is 3. The van der Waals surface area contributed by atoms with Crippen LogP contribution in [0.1, 0.15) is 13.8 Å². The molecular formula is C14H20N2O2. The first-order valence-electron chi connectivity index (χ1n) is 6.29. The Balaban J connectivity index is 2.12. The quantitative estimate of drug-likeness (QED) is 0.765. The summed E-state index contributed by atoms with van der Waals surface area (Å²) < 4.78 is 4.84. The molecule has 98 valence electrons. The smallest absolute Gasteiger partial charge is 0.410 e. The van der Waals surface area contributed by atoms with Gasteiger partial charge in [-0.15, -0.1) is 0 Å². The van der Waals surface area contributed by atoms with Crippen molar-refractivity contribution in [2.75, 3.05) is 25.1 Å². The van der Waals surface area contributed by atoms with Crippen molar-refractivity contribution >= 4 is 11.8 Å². The van der Waals surface area contributed by atoms with Crippen molar-refractivity contribution in [1.29, 1.82) is 0 Å². The Morgan fingerprint density at radius 2 is 1.72 bits per heavy atom. The van der Waals surface area contributed by atoms with Gasteiger partial charge in [0.1, 0.15) is 0 Å². The molecule has 1 aromatic carbocycles. The van der Waals surface area contributed by atoms with Gasteiger partial charge in [0, 0.05) is 18.8 Å². The Labute approximate surface area is 108 Å². The number of para-hydroxylation sites is 1. The molecule has 0 spiro atoms. The molecule has 1 heterocycles. The maximum absolute atomic E-state index is 11.7. The van der Waals surface area contributed by atoms with Crippen LogP contribution in [-0.4, -0.2) is 43.3 Å². The number of nitrogens with zero attached hydrogens (tertiary/aromatic N) is 2. The third-order valence-corrected chi connectivity index (χ3v) is 3.43. The fourth-order valence-electron chi connectivity index (χ4n) is 2.64. The summed E-state index contributed by atoms with van der Waals surface area (Å²) >= 11 is 0. The van der Waals surface area contributed by atoms with E-state index in [0.29, 0.717) is 0 Å². The molecule has 1 aliphatic rings. The molecule has 0 aromatic heterocycles. The first-order valence-corrected chi connectivity index (χ1v) is 6.29. The van der Waals surface area contributed by atoms with Crippen LogP contribution < -0.4 is 4.90 Å². The minimum absolute atomic E-state index is 0.154. The largest absolute Gasteiger partial charge is 0.453 e. The van der Waals surface area contributed by atoms with Crippen molar-refractivity contribution in [3.05, 3.63) is 30.3 Å². The van der Waals surface area contributed by atoms with Gasteiger partial charge in [-0.1, -0.05) is 18.2 Å². The zero-order chi connectivity index (χ0) is 13.1. The summed E-state index contributed by atoms with van der Waals surface area (Å²) in [5.41, 5.74) is 1.21. The molecule has 0 aliphatic carbocycles. The van der Waals surface area contributed by atoms with Crippen molar-refractivity contribution in [2.45, 2.75) is 25.9 Å². The standard InChI is InChI=1S/C14H20N2O2/c1-11-9-15(13-7-5-4-6-8-13)10-12(2)16(11)14(17)18-3/h4-8,11-12H,9-10H2,1-3H3/t11-,12-/m1/s1. The SMILES string of the molecule is COC(=O)N1[C@H](C)CN(c2ccccc2)C[C@H]1C. The van der Waals surface area contributed by atoms with Crippen molar-refractivity contribution in [1.82, 2.24) is 4.90 Å². The van der Waals surface area contributed by atoms with Gasteiger partial charge in [-0.05, 0) is 26.0 Å². The number of amides is 1. The summed E-state index contributed by atoms with van der Waals surface area (Å²) in [4.78, 5) is 15.8. The summed E-state index contributed by atoms with van der Waals surface area (Å²) in [7, 11) is 1.44. The lowest BCUT2D eigenvalue weighted by Gasteiger charge is -2.44. The van der Waals surface area contributed by atoms with E-state index in [-0.39, 0.29) is 18.2 Å². The Bertz CT molecular complexity index is 396. The summed E-state index contributed by atoms with van der Waals surface area (Å²) in [5, 5.41) is 0. The van der Waals surface area contributed by atoms with Gasteiger partial charge in [0.2, 0.25) is 0 Å². The molecule has 1 amide bonds. The van der Waals surface area contributed by atoms with E-state index < -0.39 is 0 Å². The molecule has 1 aliphatic heterocycles. The lowest BCUT2D eigenvalue weighted by atomic mass is 10.1. The van der Waals surface area contributed by atoms with E-state index in [1.165, 1.54) is 12.8 Å². The number of anilines is 1. The summed E-state index contributed by atoms with van der Waals surface area (Å²) in [6.07, 6.45) is -0.234. The number of piperazine rings is 1. The van der Waals surface area contributed by atoms with Crippen LogP contribution in [0.3, 0.4) is 0 Å². The van der Waals surface area contributed by atoms with Gasteiger partial charge in [0.05, 0.1) is 19.2 Å². The van der Waals surface area contributed by atoms with Crippen LogP contribution in [0.5, 0.6) is 0 Å². The van der Waals surface area contributed by atoms with Crippen molar-refractivity contribution in [3.63, 3.8) is 0 Å². The highest BCUT2D eigenvalue weighted by atomic mass is 16.5. The number of hydrogen-bond donors (Lipinski definition) is 0. The molecule has 0 bridgehead atoms. The topological polar surface area (TPSA) is 32.8 Å². The minimum atomic E-state index is -0.234. The number of methoxy groups -OCH3 is 1. The molecule has 4 heteroatoms. The first-order chi connectivity index (χ1) is 8.63. The average Bonchev–Trinajstić information content (AvgIpc) is 2.38. The Morgan fingerprint density at radius 3 is 2.22 bits per heavy atom. The van der Waals surface area contributed by atoms with Gasteiger partial charge in [-0.2, -0.15) is 0 Å². The van der Waals surface area contributed by atoms with Gasteiger partial charge in [-0.3, -0.25) is 4.90 Å². The summed E-state index contributed by atoms with van der Waals surface area (Å²) in [6, 6.07) is 10.6. The number of benzene rings is 1.